The fraction of sp³-hybridized carbons (Fsp3) is 0.296. The van der Waals surface area contributed by atoms with Gasteiger partial charge >= 0.3 is 0 Å². The lowest BCUT2D eigenvalue weighted by Gasteiger charge is -2.29. The third-order valence-corrected chi connectivity index (χ3v) is 4.98. The first-order valence-electron chi connectivity index (χ1n) is 10.8. The van der Waals surface area contributed by atoms with Crippen LogP contribution in [-0.4, -0.2) is 26.1 Å². The molecule has 0 atom stereocenters. The van der Waals surface area contributed by atoms with E-state index in [0.29, 0.717) is 38.2 Å². The molecule has 0 aliphatic carbocycles. The molecule has 31 heavy (non-hydrogen) atoms. The number of rotatable bonds is 13. The summed E-state index contributed by atoms with van der Waals surface area (Å²) in [6, 6.07) is 27.5. The first-order chi connectivity index (χ1) is 15.3. The smallest absolute Gasteiger partial charge is 0.253 e. The molecule has 0 radical (unpaired) electrons. The SMILES string of the molecule is CCCOc1ccc(C(C=O)(OCCc2ccccc2)OCCc2ccccc2)cc1. The van der Waals surface area contributed by atoms with Gasteiger partial charge in [0.2, 0.25) is 0 Å². The molecule has 0 saturated carbocycles. The number of aldehydes is 1. The lowest BCUT2D eigenvalue weighted by molar-refractivity contribution is -0.225. The maximum atomic E-state index is 12.3. The van der Waals surface area contributed by atoms with E-state index in [0.717, 1.165) is 29.6 Å². The summed E-state index contributed by atoms with van der Waals surface area (Å²) in [6.07, 6.45) is 3.07. The average Bonchev–Trinajstić information content (AvgIpc) is 2.83. The first kappa shape index (κ1) is 22.7. The minimum absolute atomic E-state index is 0.363. The number of carbonyl (C=O) groups excluding carboxylic acids is 1. The molecule has 0 unspecified atom stereocenters. The van der Waals surface area contributed by atoms with E-state index in [1.807, 2.05) is 84.9 Å². The second kappa shape index (κ2) is 12.0. The predicted molar refractivity (Wildman–Crippen MR) is 122 cm³/mol. The summed E-state index contributed by atoms with van der Waals surface area (Å²) >= 11 is 0. The zero-order valence-corrected chi connectivity index (χ0v) is 18.0. The Kier molecular flexibility index (Phi) is 8.83. The molecule has 162 valence electrons. The highest BCUT2D eigenvalue weighted by atomic mass is 16.7. The van der Waals surface area contributed by atoms with Gasteiger partial charge in [0.1, 0.15) is 5.75 Å². The van der Waals surface area contributed by atoms with E-state index in [1.165, 1.54) is 0 Å². The molecular formula is C27H30O4. The molecule has 0 aliphatic rings. The number of carbonyl (C=O) groups is 1. The van der Waals surface area contributed by atoms with E-state index in [2.05, 4.69) is 6.92 Å². The van der Waals surface area contributed by atoms with Gasteiger partial charge < -0.3 is 14.2 Å². The Bertz CT molecular complexity index is 846. The van der Waals surface area contributed by atoms with Crippen molar-refractivity contribution in [2.24, 2.45) is 0 Å². The molecule has 0 N–H and O–H groups in total. The fourth-order valence-electron chi connectivity index (χ4n) is 3.28. The van der Waals surface area contributed by atoms with Crippen LogP contribution in [0.2, 0.25) is 0 Å². The Morgan fingerprint density at radius 2 is 1.23 bits per heavy atom. The van der Waals surface area contributed by atoms with Gasteiger partial charge in [-0.2, -0.15) is 0 Å². The van der Waals surface area contributed by atoms with Gasteiger partial charge in [0.15, 0.2) is 6.29 Å². The van der Waals surface area contributed by atoms with Gasteiger partial charge in [0, 0.05) is 5.56 Å². The van der Waals surface area contributed by atoms with Crippen LogP contribution < -0.4 is 4.74 Å². The van der Waals surface area contributed by atoms with E-state index < -0.39 is 5.79 Å². The van der Waals surface area contributed by atoms with Gasteiger partial charge in [-0.1, -0.05) is 67.6 Å². The maximum absolute atomic E-state index is 12.3. The molecule has 0 amide bonds. The standard InChI is InChI=1S/C27H30O4/c1-2-19-29-26-15-13-25(14-16-26)27(22-28,30-20-17-23-9-5-3-6-10-23)31-21-18-24-11-7-4-8-12-24/h3-16,22H,2,17-21H2,1H3. The zero-order chi connectivity index (χ0) is 21.8. The molecule has 0 saturated heterocycles. The Morgan fingerprint density at radius 1 is 0.710 bits per heavy atom. The van der Waals surface area contributed by atoms with Crippen molar-refractivity contribution in [2.45, 2.75) is 32.0 Å². The second-order valence-corrected chi connectivity index (χ2v) is 7.33. The monoisotopic (exact) mass is 418 g/mol. The molecule has 3 aromatic carbocycles. The topological polar surface area (TPSA) is 44.8 Å². The molecule has 4 heteroatoms. The van der Waals surface area contributed by atoms with Crippen molar-refractivity contribution in [3.8, 4) is 5.75 Å². The third kappa shape index (κ3) is 6.78. The second-order valence-electron chi connectivity index (χ2n) is 7.33. The Hall–Kier alpha value is -2.95. The van der Waals surface area contributed by atoms with Crippen LogP contribution in [0.1, 0.15) is 30.0 Å². The lowest BCUT2D eigenvalue weighted by atomic mass is 10.1. The molecule has 0 aromatic heterocycles. The predicted octanol–water partition coefficient (Wildman–Crippen LogP) is 5.35. The van der Waals surface area contributed by atoms with Crippen LogP contribution in [0.4, 0.5) is 0 Å². The summed E-state index contributed by atoms with van der Waals surface area (Å²) < 4.78 is 17.9. The van der Waals surface area contributed by atoms with Gasteiger partial charge in [-0.3, -0.25) is 4.79 Å². The van der Waals surface area contributed by atoms with E-state index in [4.69, 9.17) is 14.2 Å². The van der Waals surface area contributed by atoms with E-state index in [-0.39, 0.29) is 0 Å². The zero-order valence-electron chi connectivity index (χ0n) is 18.0. The Balaban J connectivity index is 1.72. The summed E-state index contributed by atoms with van der Waals surface area (Å²) in [5.74, 6) is -0.689. The van der Waals surface area contributed by atoms with Crippen molar-refractivity contribution < 1.29 is 19.0 Å². The minimum Gasteiger partial charge on any atom is -0.494 e. The molecule has 3 rings (SSSR count). The maximum Gasteiger partial charge on any atom is 0.253 e. The van der Waals surface area contributed by atoms with Crippen LogP contribution >= 0.6 is 0 Å². The van der Waals surface area contributed by atoms with E-state index >= 15 is 0 Å². The highest BCUT2D eigenvalue weighted by molar-refractivity contribution is 5.64. The summed E-state index contributed by atoms with van der Waals surface area (Å²) in [6.45, 7) is 3.44. The molecule has 3 aromatic rings. The molecule has 0 aliphatic heterocycles. The van der Waals surface area contributed by atoms with Crippen molar-refractivity contribution in [3.63, 3.8) is 0 Å². The van der Waals surface area contributed by atoms with Crippen LogP contribution in [0, 0.1) is 0 Å². The summed E-state index contributed by atoms with van der Waals surface area (Å²) in [5.41, 5.74) is 2.96. The van der Waals surface area contributed by atoms with Crippen LogP contribution in [-0.2, 0) is 32.9 Å². The quantitative estimate of drug-likeness (QED) is 0.277. The lowest BCUT2D eigenvalue weighted by Crippen LogP contribution is -2.36. The van der Waals surface area contributed by atoms with Gasteiger partial charge in [-0.05, 0) is 54.7 Å². The summed E-state index contributed by atoms with van der Waals surface area (Å²) in [7, 11) is 0. The molecule has 0 bridgehead atoms. The van der Waals surface area contributed by atoms with Crippen LogP contribution in [0.3, 0.4) is 0 Å². The van der Waals surface area contributed by atoms with Crippen molar-refractivity contribution in [1.29, 1.82) is 0 Å². The number of ether oxygens (including phenoxy) is 3. The van der Waals surface area contributed by atoms with Crippen LogP contribution in [0.15, 0.2) is 84.9 Å². The molecule has 0 spiro atoms. The number of hydrogen-bond acceptors (Lipinski definition) is 4. The van der Waals surface area contributed by atoms with E-state index in [9.17, 15) is 4.79 Å². The van der Waals surface area contributed by atoms with Gasteiger partial charge in [-0.25, -0.2) is 0 Å². The van der Waals surface area contributed by atoms with Gasteiger partial charge in [0.25, 0.3) is 5.79 Å². The van der Waals surface area contributed by atoms with E-state index in [1.54, 1.807) is 0 Å². The van der Waals surface area contributed by atoms with Crippen molar-refractivity contribution in [1.82, 2.24) is 0 Å². The Morgan fingerprint density at radius 3 is 1.68 bits per heavy atom. The Labute approximate surface area is 184 Å². The van der Waals surface area contributed by atoms with Crippen LogP contribution in [0.5, 0.6) is 5.75 Å². The van der Waals surface area contributed by atoms with Crippen molar-refractivity contribution in [2.75, 3.05) is 19.8 Å². The van der Waals surface area contributed by atoms with Gasteiger partial charge in [-0.15, -0.1) is 0 Å². The minimum atomic E-state index is -1.45. The van der Waals surface area contributed by atoms with Crippen LogP contribution in [0.25, 0.3) is 0 Å². The summed E-state index contributed by atoms with van der Waals surface area (Å²) in [4.78, 5) is 12.3. The molecule has 4 nitrogen and oxygen atoms in total. The molecule has 0 heterocycles. The molecular weight excluding hydrogens is 388 g/mol. The van der Waals surface area contributed by atoms with Crippen molar-refractivity contribution >= 4 is 6.29 Å². The normalized spacial score (nSPS) is 11.3. The third-order valence-electron chi connectivity index (χ3n) is 4.98. The first-order valence-corrected chi connectivity index (χ1v) is 10.8. The van der Waals surface area contributed by atoms with Crippen molar-refractivity contribution in [3.05, 3.63) is 102 Å². The number of hydrogen-bond donors (Lipinski definition) is 0. The largest absolute Gasteiger partial charge is 0.494 e. The highest BCUT2D eigenvalue weighted by Gasteiger charge is 2.34. The molecule has 0 fully saturated rings. The summed E-state index contributed by atoms with van der Waals surface area (Å²) in [5, 5.41) is 0. The number of benzene rings is 3. The fourth-order valence-corrected chi connectivity index (χ4v) is 3.28. The average molecular weight is 419 g/mol. The highest BCUT2D eigenvalue weighted by Crippen LogP contribution is 2.28. The van der Waals surface area contributed by atoms with Gasteiger partial charge in [0.05, 0.1) is 19.8 Å².